The number of esters is 1. The van der Waals surface area contributed by atoms with E-state index in [9.17, 15) is 18.8 Å². The minimum atomic E-state index is -0.959. The lowest BCUT2D eigenvalue weighted by Crippen LogP contribution is -2.43. The number of rotatable bonds is 6. The summed E-state index contributed by atoms with van der Waals surface area (Å²) in [6.07, 6.45) is 2.35. The van der Waals surface area contributed by atoms with Crippen LogP contribution in [-0.4, -0.2) is 72.4 Å². The molecule has 3 aliphatic heterocycles. The molecule has 14 heteroatoms. The molecule has 7 rings (SSSR count). The lowest BCUT2D eigenvalue weighted by Gasteiger charge is -2.33. The average Bonchev–Trinajstić information content (AvgIpc) is 3.70. The summed E-state index contributed by atoms with van der Waals surface area (Å²) in [5.74, 6) is -1.85. The van der Waals surface area contributed by atoms with E-state index in [-0.39, 0.29) is 72.8 Å². The zero-order chi connectivity index (χ0) is 32.3. The molecule has 1 unspecified atom stereocenters. The second-order valence-corrected chi connectivity index (χ2v) is 13.7. The van der Waals surface area contributed by atoms with Crippen molar-refractivity contribution in [1.82, 2.24) is 14.9 Å². The summed E-state index contributed by atoms with van der Waals surface area (Å²) in [6.45, 7) is 2.05. The third kappa shape index (κ3) is 4.98. The number of piperidine rings is 1. The molecule has 3 aliphatic rings. The Morgan fingerprint density at radius 3 is 2.87 bits per heavy atom. The second kappa shape index (κ2) is 11.7. The van der Waals surface area contributed by atoms with Gasteiger partial charge in [-0.2, -0.15) is 15.2 Å². The maximum atomic E-state index is 16.9. The van der Waals surface area contributed by atoms with Crippen LogP contribution in [0.25, 0.3) is 32.1 Å². The predicted molar refractivity (Wildman–Crippen MR) is 170 cm³/mol. The molecule has 2 N–H and O–H groups in total. The number of nitrogens with two attached hydrogens (primary N) is 1. The molecule has 3 atom stereocenters. The van der Waals surface area contributed by atoms with Gasteiger partial charge in [-0.1, -0.05) is 17.7 Å². The molecule has 0 spiro atoms. The van der Waals surface area contributed by atoms with Crippen LogP contribution in [0.1, 0.15) is 37.7 Å². The van der Waals surface area contributed by atoms with Crippen molar-refractivity contribution in [3.05, 3.63) is 40.4 Å². The van der Waals surface area contributed by atoms with E-state index >= 15 is 4.39 Å². The van der Waals surface area contributed by atoms with E-state index in [0.717, 1.165) is 30.7 Å². The van der Waals surface area contributed by atoms with E-state index in [4.69, 9.17) is 31.8 Å². The van der Waals surface area contributed by atoms with Gasteiger partial charge in [0.15, 0.2) is 5.82 Å². The Morgan fingerprint density at radius 1 is 1.26 bits per heavy atom. The van der Waals surface area contributed by atoms with Crippen molar-refractivity contribution in [2.24, 2.45) is 5.92 Å². The fraction of sp³-hybridized carbons (Fsp3) is 0.438. The van der Waals surface area contributed by atoms with Crippen molar-refractivity contribution >= 4 is 60.7 Å². The Labute approximate surface area is 271 Å². The van der Waals surface area contributed by atoms with Crippen molar-refractivity contribution in [2.75, 3.05) is 50.5 Å². The Kier molecular flexibility index (Phi) is 7.85. The number of hydrogen-bond donors (Lipinski definition) is 1. The molecule has 46 heavy (non-hydrogen) atoms. The van der Waals surface area contributed by atoms with E-state index < -0.39 is 29.3 Å². The van der Waals surface area contributed by atoms with Crippen LogP contribution in [-0.2, 0) is 9.53 Å². The average molecular weight is 671 g/mol. The fourth-order valence-electron chi connectivity index (χ4n) is 7.40. The number of anilines is 2. The van der Waals surface area contributed by atoms with Crippen LogP contribution >= 0.6 is 22.9 Å². The number of nitriles is 1. The molecular formula is C32H30ClF3N6O3S. The summed E-state index contributed by atoms with van der Waals surface area (Å²) < 4.78 is 57.5. The highest BCUT2D eigenvalue weighted by Gasteiger charge is 2.49. The van der Waals surface area contributed by atoms with Gasteiger partial charge < -0.3 is 20.1 Å². The van der Waals surface area contributed by atoms with E-state index in [0.29, 0.717) is 38.2 Å². The maximum absolute atomic E-state index is 16.9. The number of carbonyl (C=O) groups is 1. The number of halogens is 4. The van der Waals surface area contributed by atoms with Gasteiger partial charge in [0.1, 0.15) is 41.0 Å². The number of thiophene rings is 1. The number of methoxy groups -OCH3 is 1. The number of fused-ring (bicyclic) bond motifs is 3. The normalized spacial score (nSPS) is 23.2. The van der Waals surface area contributed by atoms with E-state index in [1.165, 1.54) is 25.3 Å². The summed E-state index contributed by atoms with van der Waals surface area (Å²) in [5.41, 5.74) is 5.59. The maximum Gasteiger partial charge on any atom is 0.319 e. The van der Waals surface area contributed by atoms with Crippen LogP contribution in [0.5, 0.6) is 6.01 Å². The molecule has 2 aromatic carbocycles. The van der Waals surface area contributed by atoms with Crippen molar-refractivity contribution in [1.29, 1.82) is 5.26 Å². The molecule has 0 radical (unpaired) electrons. The number of alkyl halides is 1. The van der Waals surface area contributed by atoms with Crippen LogP contribution in [0.4, 0.5) is 24.0 Å². The van der Waals surface area contributed by atoms with Gasteiger partial charge in [0.05, 0.1) is 33.9 Å². The summed E-state index contributed by atoms with van der Waals surface area (Å²) in [4.78, 5) is 25.7. The number of nitrogens with zero attached hydrogens (tertiary/aromatic N) is 5. The number of carbonyl (C=O) groups excluding carboxylic acids is 1. The van der Waals surface area contributed by atoms with Crippen molar-refractivity contribution < 1.29 is 27.4 Å². The third-order valence-electron chi connectivity index (χ3n) is 9.53. The zero-order valence-corrected chi connectivity index (χ0v) is 26.5. The lowest BCUT2D eigenvalue weighted by atomic mass is 9.95. The Balaban J connectivity index is 1.39. The smallest absolute Gasteiger partial charge is 0.319 e. The van der Waals surface area contributed by atoms with Crippen LogP contribution in [0, 0.1) is 28.9 Å². The van der Waals surface area contributed by atoms with Crippen LogP contribution in [0.15, 0.2) is 18.2 Å². The minimum absolute atomic E-state index is 0.00737. The SMILES string of the molecule is COC(=O)C1CCCN(c2nc(OC[C@@]34CCCN3C[C@H](F)C4)nc3c(F)c(-c4ccc(F)c5sc(N)c(C#N)c45)c(Cl)cc23)C1. The molecule has 9 nitrogen and oxygen atoms in total. The third-order valence-corrected chi connectivity index (χ3v) is 10.9. The molecule has 0 amide bonds. The van der Waals surface area contributed by atoms with Crippen molar-refractivity contribution in [3.63, 3.8) is 0 Å². The fourth-order valence-corrected chi connectivity index (χ4v) is 8.64. The minimum Gasteiger partial charge on any atom is -0.469 e. The van der Waals surface area contributed by atoms with Gasteiger partial charge in [-0.25, -0.2) is 13.2 Å². The predicted octanol–water partition coefficient (Wildman–Crippen LogP) is 6.24. The van der Waals surface area contributed by atoms with E-state index in [1.54, 1.807) is 0 Å². The molecule has 3 fully saturated rings. The Bertz CT molecular complexity index is 1940. The quantitative estimate of drug-likeness (QED) is 0.238. The van der Waals surface area contributed by atoms with Crippen molar-refractivity contribution in [2.45, 2.75) is 43.8 Å². The standard InChI is InChI=1S/C32H30ClF3N6O3S/c1-44-30(43)16-4-2-8-41(13-16)29-19-10-21(33)24(18-5-6-22(35)27-23(18)20(12-37)28(38)46-27)25(36)26(19)39-31(40-29)45-15-32-7-3-9-42(32)14-17(34)11-32/h5-6,10,16-17H,2-4,7-9,11,13-15,38H2,1H3/t16?,17-,32+/m1/s1. The van der Waals surface area contributed by atoms with E-state index in [2.05, 4.69) is 9.88 Å². The second-order valence-electron chi connectivity index (χ2n) is 12.2. The van der Waals surface area contributed by atoms with Crippen LogP contribution in [0.3, 0.4) is 0 Å². The van der Waals surface area contributed by atoms with Gasteiger partial charge in [-0.05, 0) is 49.9 Å². The highest BCUT2D eigenvalue weighted by molar-refractivity contribution is 7.23. The van der Waals surface area contributed by atoms with Gasteiger partial charge in [-0.3, -0.25) is 9.69 Å². The highest BCUT2D eigenvalue weighted by atomic mass is 35.5. The Hall–Kier alpha value is -3.86. The molecule has 0 bridgehead atoms. The first kappa shape index (κ1) is 30.8. The van der Waals surface area contributed by atoms with Crippen molar-refractivity contribution in [3.8, 4) is 23.2 Å². The van der Waals surface area contributed by atoms with Gasteiger partial charge in [-0.15, -0.1) is 11.3 Å². The number of ether oxygens (including phenoxy) is 2. The first-order chi connectivity index (χ1) is 22.1. The molecule has 0 saturated carbocycles. The molecule has 2 aromatic heterocycles. The molecule has 240 valence electrons. The first-order valence-electron chi connectivity index (χ1n) is 15.1. The summed E-state index contributed by atoms with van der Waals surface area (Å²) in [7, 11) is 1.34. The molecule has 0 aliphatic carbocycles. The summed E-state index contributed by atoms with van der Waals surface area (Å²) >= 11 is 7.70. The van der Waals surface area contributed by atoms with Gasteiger partial charge in [0.2, 0.25) is 0 Å². The topological polar surface area (TPSA) is 118 Å². The lowest BCUT2D eigenvalue weighted by molar-refractivity contribution is -0.145. The summed E-state index contributed by atoms with van der Waals surface area (Å²) in [6, 6.07) is 6.00. The molecular weight excluding hydrogens is 641 g/mol. The van der Waals surface area contributed by atoms with Gasteiger partial charge in [0.25, 0.3) is 0 Å². The highest BCUT2D eigenvalue weighted by Crippen LogP contribution is 2.46. The van der Waals surface area contributed by atoms with Crippen LogP contribution in [0.2, 0.25) is 5.02 Å². The van der Waals surface area contributed by atoms with Crippen LogP contribution < -0.4 is 15.4 Å². The number of hydrogen-bond acceptors (Lipinski definition) is 10. The monoisotopic (exact) mass is 670 g/mol. The zero-order valence-electron chi connectivity index (χ0n) is 24.9. The number of benzene rings is 2. The van der Waals surface area contributed by atoms with Gasteiger partial charge >= 0.3 is 12.0 Å². The number of aromatic nitrogens is 2. The van der Waals surface area contributed by atoms with Gasteiger partial charge in [0, 0.05) is 42.4 Å². The summed E-state index contributed by atoms with van der Waals surface area (Å²) in [5, 5.41) is 10.4. The molecule has 4 aromatic rings. The largest absolute Gasteiger partial charge is 0.469 e. The molecule has 3 saturated heterocycles. The van der Waals surface area contributed by atoms with E-state index in [1.807, 2.05) is 11.0 Å². The number of nitrogen functional groups attached to an aromatic ring is 1. The first-order valence-corrected chi connectivity index (χ1v) is 16.3. The molecule has 5 heterocycles. The Morgan fingerprint density at radius 2 is 2.09 bits per heavy atom.